The number of ketones is 1. The van der Waals surface area contributed by atoms with E-state index in [1.165, 1.54) is 24.3 Å². The van der Waals surface area contributed by atoms with Crippen LogP contribution in [-0.2, 0) is 26.7 Å². The summed E-state index contributed by atoms with van der Waals surface area (Å²) in [6.07, 6.45) is 5.27. The summed E-state index contributed by atoms with van der Waals surface area (Å²) in [6, 6.07) is 19.4. The van der Waals surface area contributed by atoms with E-state index in [1.807, 2.05) is 54.5 Å². The SMILES string of the molecule is Cc1cc(C(=O)NC2CCNCC2)ccc1-c1ccc(C[C@H](CC(=O)C2CCC(CN)CC2)C(=O)Nc2ccc(-c3n[nH]c(C(F)(F)C(F)(F)C(=O)N(C)C)n3)cc2)cc1. The average molecular weight is 833 g/mol. The maximum absolute atomic E-state index is 14.7. The lowest BCUT2D eigenvalue weighted by Crippen LogP contribution is -2.50. The molecule has 6 N–H and O–H groups in total. The van der Waals surface area contributed by atoms with Crippen LogP contribution in [0.5, 0.6) is 0 Å². The van der Waals surface area contributed by atoms with Gasteiger partial charge in [0.15, 0.2) is 5.82 Å². The van der Waals surface area contributed by atoms with Gasteiger partial charge in [0.1, 0.15) is 5.78 Å². The van der Waals surface area contributed by atoms with Crippen molar-refractivity contribution in [3.8, 4) is 22.5 Å². The molecule has 1 aliphatic carbocycles. The smallest absolute Gasteiger partial charge is 0.349 e. The van der Waals surface area contributed by atoms with E-state index in [-0.39, 0.29) is 47.9 Å². The number of rotatable bonds is 15. The number of H-pyrrole nitrogens is 1. The first-order valence-electron chi connectivity index (χ1n) is 20.3. The molecule has 1 saturated heterocycles. The number of aryl methyl sites for hydroxylation is 1. The summed E-state index contributed by atoms with van der Waals surface area (Å²) in [7, 11) is 1.87. The van der Waals surface area contributed by atoms with Gasteiger partial charge in [0.25, 0.3) is 11.8 Å². The lowest BCUT2D eigenvalue weighted by atomic mass is 9.77. The number of carbonyl (C=O) groups is 4. The third kappa shape index (κ3) is 10.1. The minimum Gasteiger partial charge on any atom is -0.349 e. The van der Waals surface area contributed by atoms with Crippen molar-refractivity contribution in [1.82, 2.24) is 30.7 Å². The predicted octanol–water partition coefficient (Wildman–Crippen LogP) is 6.27. The van der Waals surface area contributed by atoms with Crippen molar-refractivity contribution in [2.75, 3.05) is 39.0 Å². The van der Waals surface area contributed by atoms with Crippen LogP contribution in [0.25, 0.3) is 22.5 Å². The van der Waals surface area contributed by atoms with Gasteiger partial charge >= 0.3 is 11.8 Å². The molecule has 320 valence electrons. The van der Waals surface area contributed by atoms with E-state index < -0.39 is 35.4 Å². The number of nitrogens with zero attached hydrogens (tertiary/aromatic N) is 3. The molecule has 2 aliphatic rings. The lowest BCUT2D eigenvalue weighted by Gasteiger charge is -2.27. The minimum atomic E-state index is -5.08. The van der Waals surface area contributed by atoms with Crippen LogP contribution < -0.4 is 21.7 Å². The minimum absolute atomic E-state index is 0.0209. The van der Waals surface area contributed by atoms with E-state index in [9.17, 15) is 36.7 Å². The molecule has 60 heavy (non-hydrogen) atoms. The molecule has 3 amide bonds. The highest BCUT2D eigenvalue weighted by atomic mass is 19.3. The lowest BCUT2D eigenvalue weighted by molar-refractivity contribution is -0.224. The number of hydrogen-bond acceptors (Lipinski definition) is 8. The Balaban J connectivity index is 1.15. The Bertz CT molecular complexity index is 2150. The number of anilines is 1. The molecule has 4 aromatic rings. The van der Waals surface area contributed by atoms with Gasteiger partial charge in [-0.15, -0.1) is 0 Å². The van der Waals surface area contributed by atoms with E-state index in [2.05, 4.69) is 26.0 Å². The number of nitrogens with one attached hydrogen (secondary N) is 4. The molecule has 2 heterocycles. The number of benzene rings is 3. The van der Waals surface area contributed by atoms with Gasteiger partial charge in [-0.3, -0.25) is 24.3 Å². The van der Waals surface area contributed by atoms with Gasteiger partial charge in [-0.1, -0.05) is 30.3 Å². The van der Waals surface area contributed by atoms with E-state index >= 15 is 0 Å². The first kappa shape index (κ1) is 44.1. The Kier molecular flexibility index (Phi) is 13.8. The second-order valence-corrected chi connectivity index (χ2v) is 16.2. The molecule has 0 radical (unpaired) electrons. The first-order valence-corrected chi connectivity index (χ1v) is 20.3. The van der Waals surface area contributed by atoms with Crippen molar-refractivity contribution in [2.45, 2.75) is 76.2 Å². The third-order valence-corrected chi connectivity index (χ3v) is 11.6. The maximum atomic E-state index is 14.7. The topological polar surface area (TPSA) is 175 Å². The second-order valence-electron chi connectivity index (χ2n) is 16.2. The number of halogens is 4. The van der Waals surface area contributed by atoms with Crippen molar-refractivity contribution < 1.29 is 36.7 Å². The number of carbonyl (C=O) groups excluding carboxylic acids is 4. The fraction of sp³-hybridized carbons (Fsp3) is 0.455. The molecular formula is C44H52F4N8O4. The normalized spacial score (nSPS) is 18.1. The van der Waals surface area contributed by atoms with Gasteiger partial charge in [0.2, 0.25) is 11.7 Å². The summed E-state index contributed by atoms with van der Waals surface area (Å²) in [5, 5.41) is 14.8. The van der Waals surface area contributed by atoms with Crippen LogP contribution in [0.2, 0.25) is 0 Å². The molecule has 1 atom stereocenters. The molecule has 6 rings (SSSR count). The summed E-state index contributed by atoms with van der Waals surface area (Å²) in [5.41, 5.74) is 10.7. The van der Waals surface area contributed by atoms with Crippen molar-refractivity contribution in [3.05, 3.63) is 89.2 Å². The number of aromatic amines is 1. The summed E-state index contributed by atoms with van der Waals surface area (Å²) in [6.45, 7) is 4.30. The van der Waals surface area contributed by atoms with Gasteiger partial charge in [-0.2, -0.15) is 22.7 Å². The van der Waals surface area contributed by atoms with Crippen LogP contribution in [0.1, 0.15) is 72.3 Å². The molecule has 1 aromatic heterocycles. The molecule has 2 fully saturated rings. The first-order chi connectivity index (χ1) is 28.6. The second kappa shape index (κ2) is 18.8. The Morgan fingerprint density at radius 1 is 0.883 bits per heavy atom. The number of amides is 3. The number of piperidine rings is 1. The summed E-state index contributed by atoms with van der Waals surface area (Å²) in [5.74, 6) is -14.9. The van der Waals surface area contributed by atoms with Crippen LogP contribution in [0, 0.1) is 24.7 Å². The zero-order valence-electron chi connectivity index (χ0n) is 34.0. The number of aromatic nitrogens is 3. The van der Waals surface area contributed by atoms with Crippen LogP contribution in [0.3, 0.4) is 0 Å². The van der Waals surface area contributed by atoms with Gasteiger partial charge in [-0.25, -0.2) is 4.98 Å². The zero-order valence-corrected chi connectivity index (χ0v) is 34.0. The molecule has 12 nitrogen and oxygen atoms in total. The number of hydrogen-bond donors (Lipinski definition) is 5. The van der Waals surface area contributed by atoms with Crippen molar-refractivity contribution in [1.29, 1.82) is 0 Å². The number of nitrogens with two attached hydrogens (primary N) is 1. The molecule has 16 heteroatoms. The van der Waals surface area contributed by atoms with Gasteiger partial charge in [0, 0.05) is 55.2 Å². The number of Topliss-reactive ketones (excluding diaryl/α,β-unsaturated/α-hetero) is 1. The Morgan fingerprint density at radius 2 is 1.53 bits per heavy atom. The van der Waals surface area contributed by atoms with E-state index in [0.717, 1.165) is 88.0 Å². The Morgan fingerprint density at radius 3 is 2.15 bits per heavy atom. The fourth-order valence-corrected chi connectivity index (χ4v) is 7.90. The van der Waals surface area contributed by atoms with Crippen LogP contribution in [0.4, 0.5) is 23.2 Å². The Labute approximate surface area is 346 Å². The molecule has 1 aliphatic heterocycles. The van der Waals surface area contributed by atoms with Crippen LogP contribution >= 0.6 is 0 Å². The fourth-order valence-electron chi connectivity index (χ4n) is 7.90. The molecule has 1 saturated carbocycles. The molecular weight excluding hydrogens is 781 g/mol. The highest BCUT2D eigenvalue weighted by molar-refractivity contribution is 5.97. The highest BCUT2D eigenvalue weighted by Gasteiger charge is 2.65. The number of alkyl halides is 4. The van der Waals surface area contributed by atoms with Gasteiger partial charge in [-0.05, 0) is 136 Å². The van der Waals surface area contributed by atoms with E-state index in [0.29, 0.717) is 28.6 Å². The largest absolute Gasteiger partial charge is 0.394 e. The quantitative estimate of drug-likeness (QED) is 0.0873. The third-order valence-electron chi connectivity index (χ3n) is 11.6. The van der Waals surface area contributed by atoms with Gasteiger partial charge in [0.05, 0.1) is 0 Å². The van der Waals surface area contributed by atoms with Gasteiger partial charge < -0.3 is 26.6 Å². The summed E-state index contributed by atoms with van der Waals surface area (Å²) < 4.78 is 58.3. The van der Waals surface area contributed by atoms with Crippen molar-refractivity contribution in [2.24, 2.45) is 23.5 Å². The van der Waals surface area contributed by atoms with E-state index in [1.54, 1.807) is 0 Å². The monoisotopic (exact) mass is 832 g/mol. The molecule has 0 unspecified atom stereocenters. The van der Waals surface area contributed by atoms with Crippen molar-refractivity contribution in [3.63, 3.8) is 0 Å². The molecule has 0 bridgehead atoms. The Hall–Kier alpha value is -5.48. The van der Waals surface area contributed by atoms with Crippen molar-refractivity contribution >= 4 is 29.2 Å². The molecule has 0 spiro atoms. The van der Waals surface area contributed by atoms with Crippen LogP contribution in [-0.4, -0.2) is 89.3 Å². The highest BCUT2D eigenvalue weighted by Crippen LogP contribution is 2.43. The van der Waals surface area contributed by atoms with E-state index in [4.69, 9.17) is 5.73 Å². The maximum Gasteiger partial charge on any atom is 0.394 e. The predicted molar refractivity (Wildman–Crippen MR) is 219 cm³/mol. The summed E-state index contributed by atoms with van der Waals surface area (Å²) in [4.78, 5) is 56.2. The average Bonchev–Trinajstić information content (AvgIpc) is 3.75. The summed E-state index contributed by atoms with van der Waals surface area (Å²) >= 11 is 0. The van der Waals surface area contributed by atoms with Crippen LogP contribution in [0.15, 0.2) is 66.7 Å². The zero-order chi connectivity index (χ0) is 43.2. The standard InChI is InChI=1S/C44H52F4N8O4/c1-26-22-32(39(58)52-35-18-20-50-21-19-35)14-17-36(26)29-8-4-27(5-9-29)23-33(24-37(57)30-10-6-28(25-49)7-11-30)40(59)51-34-15-12-31(13-16-34)38-53-41(55-54-38)43(45,46)44(47,48)42(60)56(2)3/h4-5,8-9,12-17,22,28,30,33,35,50H,6-7,10-11,18-21,23-25,49H2,1-3H3,(H,51,59)(H,52,58)(H,53,54,55)/t28?,30?,33-/m1/s1. The molecule has 3 aromatic carbocycles.